The molecule has 0 aromatic carbocycles. The van der Waals surface area contributed by atoms with Crippen LogP contribution in [0, 0.1) is 5.92 Å². The Balaban J connectivity index is 2.76. The number of nitrogens with zero attached hydrogens (tertiary/aromatic N) is 2. The largest absolute Gasteiger partial charge is 0.415 e. The van der Waals surface area contributed by atoms with Crippen molar-refractivity contribution < 1.29 is 22.8 Å². The molecule has 0 saturated carbocycles. The summed E-state index contributed by atoms with van der Waals surface area (Å²) in [5.74, 6) is -0.812. The molecule has 1 aromatic heterocycles. The highest BCUT2D eigenvalue weighted by atomic mass is 19.4. The van der Waals surface area contributed by atoms with E-state index in [-0.39, 0.29) is 11.8 Å². The van der Waals surface area contributed by atoms with Gasteiger partial charge in [-0.25, -0.2) is 0 Å². The number of halogens is 3. The topological polar surface area (TPSA) is 59.2 Å². The molecule has 7 heteroatoms. The molecule has 0 spiro atoms. The molecule has 98 valence electrons. The van der Waals surface area contributed by atoms with Crippen molar-refractivity contribution in [2.45, 2.75) is 45.4 Å². The van der Waals surface area contributed by atoms with Crippen molar-refractivity contribution in [1.29, 1.82) is 0 Å². The average Bonchev–Trinajstić information content (AvgIpc) is 2.61. The van der Waals surface area contributed by atoms with Crippen LogP contribution in [-0.4, -0.2) is 27.5 Å². The lowest BCUT2D eigenvalue weighted by Gasteiger charge is -2.17. The van der Waals surface area contributed by atoms with Gasteiger partial charge < -0.3 is 9.63 Å². The van der Waals surface area contributed by atoms with Crippen molar-refractivity contribution in [2.24, 2.45) is 5.92 Å². The fourth-order valence-electron chi connectivity index (χ4n) is 1.32. The summed E-state index contributed by atoms with van der Waals surface area (Å²) >= 11 is 0. The highest BCUT2D eigenvalue weighted by Gasteiger charge is 2.44. The number of aliphatic hydroxyl groups is 1. The zero-order chi connectivity index (χ0) is 13.2. The van der Waals surface area contributed by atoms with Gasteiger partial charge in [-0.2, -0.15) is 18.2 Å². The molecule has 17 heavy (non-hydrogen) atoms. The number of aromatic nitrogens is 2. The van der Waals surface area contributed by atoms with Crippen LogP contribution in [0.25, 0.3) is 0 Å². The third-order valence-corrected chi connectivity index (χ3v) is 2.27. The summed E-state index contributed by atoms with van der Waals surface area (Å²) in [5.41, 5.74) is 0. The van der Waals surface area contributed by atoms with Gasteiger partial charge in [-0.05, 0) is 5.92 Å². The highest BCUT2D eigenvalue weighted by molar-refractivity contribution is 4.97. The van der Waals surface area contributed by atoms with E-state index >= 15 is 0 Å². The second-order valence-electron chi connectivity index (χ2n) is 4.42. The molecule has 1 heterocycles. The molecule has 0 amide bonds. The van der Waals surface area contributed by atoms with Crippen molar-refractivity contribution >= 4 is 0 Å². The molecule has 0 fully saturated rings. The third-order valence-electron chi connectivity index (χ3n) is 2.27. The summed E-state index contributed by atoms with van der Waals surface area (Å²) in [6.07, 6.45) is -6.65. The van der Waals surface area contributed by atoms with E-state index in [4.69, 9.17) is 9.63 Å². The molecular formula is C10H15F3N2O2. The first-order chi connectivity index (χ1) is 7.71. The quantitative estimate of drug-likeness (QED) is 0.893. The Morgan fingerprint density at radius 1 is 1.29 bits per heavy atom. The van der Waals surface area contributed by atoms with E-state index < -0.39 is 18.2 Å². The van der Waals surface area contributed by atoms with E-state index in [9.17, 15) is 13.2 Å². The van der Waals surface area contributed by atoms with E-state index in [2.05, 4.69) is 10.1 Å². The SMILES string of the molecule is CC(C)Cc1noc(C(C)C(O)C(F)(F)F)n1. The third kappa shape index (κ3) is 3.69. The van der Waals surface area contributed by atoms with Crippen LogP contribution < -0.4 is 0 Å². The second-order valence-corrected chi connectivity index (χ2v) is 4.42. The lowest BCUT2D eigenvalue weighted by Crippen LogP contribution is -2.33. The summed E-state index contributed by atoms with van der Waals surface area (Å²) < 4.78 is 41.5. The Bertz CT molecular complexity index is 363. The summed E-state index contributed by atoms with van der Waals surface area (Å²) in [7, 11) is 0. The number of alkyl halides is 3. The molecule has 0 aliphatic heterocycles. The summed E-state index contributed by atoms with van der Waals surface area (Å²) in [6, 6.07) is 0. The monoisotopic (exact) mass is 252 g/mol. The molecule has 1 rings (SSSR count). The first-order valence-corrected chi connectivity index (χ1v) is 5.29. The van der Waals surface area contributed by atoms with Crippen LogP contribution in [0.1, 0.15) is 38.4 Å². The Kier molecular flexibility index (Phi) is 4.13. The highest BCUT2D eigenvalue weighted by Crippen LogP contribution is 2.30. The van der Waals surface area contributed by atoms with Gasteiger partial charge in [0, 0.05) is 6.42 Å². The maximum absolute atomic E-state index is 12.3. The molecule has 0 bridgehead atoms. The Morgan fingerprint density at radius 2 is 1.88 bits per heavy atom. The average molecular weight is 252 g/mol. The van der Waals surface area contributed by atoms with Crippen LogP contribution in [0.2, 0.25) is 0 Å². The molecule has 0 radical (unpaired) electrons. The Hall–Kier alpha value is -1.11. The van der Waals surface area contributed by atoms with Crippen molar-refractivity contribution in [2.75, 3.05) is 0 Å². The van der Waals surface area contributed by atoms with Gasteiger partial charge in [0.15, 0.2) is 11.9 Å². The minimum Gasteiger partial charge on any atom is -0.383 e. The number of rotatable bonds is 4. The van der Waals surface area contributed by atoms with Crippen LogP contribution in [0.15, 0.2) is 4.52 Å². The molecule has 1 N–H and O–H groups in total. The van der Waals surface area contributed by atoms with Crippen molar-refractivity contribution in [3.05, 3.63) is 11.7 Å². The molecule has 2 unspecified atom stereocenters. The minimum absolute atomic E-state index is 0.189. The summed E-state index contributed by atoms with van der Waals surface area (Å²) in [5, 5.41) is 12.6. The van der Waals surface area contributed by atoms with Crippen LogP contribution >= 0.6 is 0 Å². The zero-order valence-electron chi connectivity index (χ0n) is 9.82. The lowest BCUT2D eigenvalue weighted by molar-refractivity contribution is -0.210. The molecule has 2 atom stereocenters. The van der Waals surface area contributed by atoms with Crippen LogP contribution in [0.5, 0.6) is 0 Å². The normalized spacial score (nSPS) is 16.2. The van der Waals surface area contributed by atoms with Crippen molar-refractivity contribution in [3.63, 3.8) is 0 Å². The van der Waals surface area contributed by atoms with Crippen molar-refractivity contribution in [3.8, 4) is 0 Å². The predicted octanol–water partition coefficient (Wildman–Crippen LogP) is 2.29. The summed E-state index contributed by atoms with van der Waals surface area (Å²) in [6.45, 7) is 5.07. The first-order valence-electron chi connectivity index (χ1n) is 5.29. The zero-order valence-corrected chi connectivity index (χ0v) is 9.82. The molecule has 0 aliphatic rings. The maximum atomic E-state index is 12.3. The second kappa shape index (κ2) is 5.03. The van der Waals surface area contributed by atoms with E-state index in [1.165, 1.54) is 6.92 Å². The van der Waals surface area contributed by atoms with Crippen LogP contribution in [0.3, 0.4) is 0 Å². The predicted molar refractivity (Wildman–Crippen MR) is 53.3 cm³/mol. The molecule has 1 aromatic rings. The first kappa shape index (κ1) is 14.0. The van der Waals surface area contributed by atoms with E-state index in [1.807, 2.05) is 13.8 Å². The van der Waals surface area contributed by atoms with Gasteiger partial charge in [-0.1, -0.05) is 25.9 Å². The van der Waals surface area contributed by atoms with E-state index in [0.717, 1.165) is 0 Å². The minimum atomic E-state index is -4.69. The van der Waals surface area contributed by atoms with Gasteiger partial charge in [0.2, 0.25) is 5.89 Å². The lowest BCUT2D eigenvalue weighted by atomic mass is 10.0. The molecule has 4 nitrogen and oxygen atoms in total. The van der Waals surface area contributed by atoms with E-state index in [0.29, 0.717) is 12.2 Å². The number of aliphatic hydroxyl groups excluding tert-OH is 1. The fraction of sp³-hybridized carbons (Fsp3) is 0.800. The van der Waals surface area contributed by atoms with Gasteiger partial charge in [-0.3, -0.25) is 0 Å². The van der Waals surface area contributed by atoms with E-state index in [1.54, 1.807) is 0 Å². The Morgan fingerprint density at radius 3 is 2.35 bits per heavy atom. The van der Waals surface area contributed by atoms with Crippen LogP contribution in [-0.2, 0) is 6.42 Å². The van der Waals surface area contributed by atoms with Crippen LogP contribution in [0.4, 0.5) is 13.2 Å². The van der Waals surface area contributed by atoms with Gasteiger partial charge in [0.05, 0.1) is 5.92 Å². The molecule has 0 aliphatic carbocycles. The molecule has 0 saturated heterocycles. The fourth-order valence-corrected chi connectivity index (χ4v) is 1.32. The summed E-state index contributed by atoms with van der Waals surface area (Å²) in [4.78, 5) is 3.85. The maximum Gasteiger partial charge on any atom is 0.415 e. The smallest absolute Gasteiger partial charge is 0.383 e. The standard InChI is InChI=1S/C10H15F3N2O2/c1-5(2)4-7-14-9(17-15-7)6(3)8(16)10(11,12)13/h5-6,8,16H,4H2,1-3H3. The van der Waals surface area contributed by atoms with Crippen molar-refractivity contribution in [1.82, 2.24) is 10.1 Å². The number of hydrogen-bond acceptors (Lipinski definition) is 4. The van der Waals surface area contributed by atoms with Gasteiger partial charge in [0.25, 0.3) is 0 Å². The van der Waals surface area contributed by atoms with Gasteiger partial charge >= 0.3 is 6.18 Å². The molecular weight excluding hydrogens is 237 g/mol. The number of hydrogen-bond donors (Lipinski definition) is 1. The Labute approximate surface area is 96.8 Å². The van der Waals surface area contributed by atoms with Gasteiger partial charge in [-0.15, -0.1) is 0 Å². The van der Waals surface area contributed by atoms with Gasteiger partial charge in [0.1, 0.15) is 0 Å².